The third-order valence-electron chi connectivity index (χ3n) is 6.50. The van der Waals surface area contributed by atoms with Crippen LogP contribution in [0.3, 0.4) is 0 Å². The molecule has 2 aromatic carbocycles. The van der Waals surface area contributed by atoms with Gasteiger partial charge in [-0.15, -0.1) is 0 Å². The number of nitrogens with zero attached hydrogens (tertiary/aromatic N) is 3. The highest BCUT2D eigenvalue weighted by atomic mass is 32.2. The van der Waals surface area contributed by atoms with Gasteiger partial charge in [0.25, 0.3) is 0 Å². The van der Waals surface area contributed by atoms with E-state index < -0.39 is 10.0 Å². The number of hydrogen-bond donors (Lipinski definition) is 1. The molecule has 4 rings (SSSR count). The topological polar surface area (TPSA) is 84.4 Å². The summed E-state index contributed by atoms with van der Waals surface area (Å²) in [6.07, 6.45) is 6.79. The minimum Gasteiger partial charge on any atom is -0.496 e. The first-order valence-corrected chi connectivity index (χ1v) is 14.1. The van der Waals surface area contributed by atoms with Crippen molar-refractivity contribution in [2.75, 3.05) is 26.5 Å². The van der Waals surface area contributed by atoms with E-state index in [0.717, 1.165) is 61.2 Å². The SMILES string of the molecule is COc1ccc(-c2ccnc(CCCc3cccc(F)c3)n2)cc1CN(C1CCNCC1)S(C)(=O)=O. The summed E-state index contributed by atoms with van der Waals surface area (Å²) in [6, 6.07) is 14.2. The maximum absolute atomic E-state index is 13.4. The first kappa shape index (κ1) is 26.2. The number of sulfonamides is 1. The third kappa shape index (κ3) is 6.87. The summed E-state index contributed by atoms with van der Waals surface area (Å²) in [7, 11) is -1.81. The number of methoxy groups -OCH3 is 1. The van der Waals surface area contributed by atoms with Gasteiger partial charge in [0.15, 0.2) is 0 Å². The Morgan fingerprint density at radius 3 is 2.64 bits per heavy atom. The summed E-state index contributed by atoms with van der Waals surface area (Å²) in [4.78, 5) is 9.15. The molecule has 1 saturated heterocycles. The van der Waals surface area contributed by atoms with Gasteiger partial charge in [0, 0.05) is 36.3 Å². The Morgan fingerprint density at radius 2 is 1.92 bits per heavy atom. The van der Waals surface area contributed by atoms with Crippen molar-refractivity contribution in [2.24, 2.45) is 0 Å². The van der Waals surface area contributed by atoms with Crippen molar-refractivity contribution in [3.05, 3.63) is 77.5 Å². The van der Waals surface area contributed by atoms with Crippen LogP contribution in [-0.4, -0.2) is 55.2 Å². The van der Waals surface area contributed by atoms with Crippen molar-refractivity contribution in [3.63, 3.8) is 0 Å². The van der Waals surface area contributed by atoms with Gasteiger partial charge in [-0.25, -0.2) is 22.8 Å². The van der Waals surface area contributed by atoms with Gasteiger partial charge in [-0.2, -0.15) is 4.31 Å². The molecule has 1 N–H and O–H groups in total. The van der Waals surface area contributed by atoms with Gasteiger partial charge in [0.2, 0.25) is 10.0 Å². The summed E-state index contributed by atoms with van der Waals surface area (Å²) in [5, 5.41) is 3.29. The van der Waals surface area contributed by atoms with Crippen LogP contribution in [-0.2, 0) is 29.4 Å². The molecular formula is C27H33FN4O3S. The minimum absolute atomic E-state index is 0.0432. The van der Waals surface area contributed by atoms with Gasteiger partial charge < -0.3 is 10.1 Å². The Hall–Kier alpha value is -2.88. The van der Waals surface area contributed by atoms with Crippen molar-refractivity contribution in [2.45, 2.75) is 44.7 Å². The van der Waals surface area contributed by atoms with Crippen LogP contribution in [0.4, 0.5) is 4.39 Å². The first-order chi connectivity index (χ1) is 17.3. The number of rotatable bonds is 10. The lowest BCUT2D eigenvalue weighted by molar-refractivity contribution is 0.255. The van der Waals surface area contributed by atoms with E-state index in [4.69, 9.17) is 9.72 Å². The van der Waals surface area contributed by atoms with Crippen LogP contribution in [0.25, 0.3) is 11.3 Å². The lowest BCUT2D eigenvalue weighted by Gasteiger charge is -2.33. The smallest absolute Gasteiger partial charge is 0.211 e. The number of aromatic nitrogens is 2. The standard InChI is InChI=1S/C27H33FN4O3S/c1-35-26-10-9-21(18-22(26)19-32(36(2,33)34)24-11-14-29-15-12-24)25-13-16-30-27(31-25)8-4-6-20-5-3-7-23(28)17-20/h3,5,7,9-10,13,16-18,24,29H,4,6,8,11-12,14-15,19H2,1-2H3. The highest BCUT2D eigenvalue weighted by molar-refractivity contribution is 7.88. The van der Waals surface area contributed by atoms with Gasteiger partial charge in [-0.3, -0.25) is 0 Å². The second-order valence-corrected chi connectivity index (χ2v) is 11.1. The van der Waals surface area contributed by atoms with Crippen LogP contribution >= 0.6 is 0 Å². The molecule has 7 nitrogen and oxygen atoms in total. The van der Waals surface area contributed by atoms with Crippen LogP contribution in [0.2, 0.25) is 0 Å². The molecule has 1 fully saturated rings. The molecule has 0 bridgehead atoms. The second-order valence-electron chi connectivity index (χ2n) is 9.16. The van der Waals surface area contributed by atoms with E-state index in [-0.39, 0.29) is 18.4 Å². The Bertz CT molecular complexity index is 1280. The molecule has 36 heavy (non-hydrogen) atoms. The van der Waals surface area contributed by atoms with E-state index in [1.807, 2.05) is 30.3 Å². The number of hydrogen-bond acceptors (Lipinski definition) is 6. The van der Waals surface area contributed by atoms with E-state index in [2.05, 4.69) is 10.3 Å². The molecule has 1 aliphatic rings. The fraction of sp³-hybridized carbons (Fsp3) is 0.407. The molecule has 2 heterocycles. The van der Waals surface area contributed by atoms with Crippen LogP contribution in [0.15, 0.2) is 54.7 Å². The van der Waals surface area contributed by atoms with E-state index in [0.29, 0.717) is 18.0 Å². The quantitative estimate of drug-likeness (QED) is 0.442. The molecule has 1 aliphatic heterocycles. The minimum atomic E-state index is -3.41. The molecule has 3 aromatic rings. The normalized spacial score (nSPS) is 14.8. The maximum atomic E-state index is 13.4. The molecule has 192 valence electrons. The average molecular weight is 513 g/mol. The Labute approximate surface area is 212 Å². The highest BCUT2D eigenvalue weighted by Gasteiger charge is 2.29. The second kappa shape index (κ2) is 11.9. The number of aryl methyl sites for hydroxylation is 2. The molecular weight excluding hydrogens is 479 g/mol. The Morgan fingerprint density at radius 1 is 1.11 bits per heavy atom. The lowest BCUT2D eigenvalue weighted by Crippen LogP contribution is -2.45. The number of halogens is 1. The lowest BCUT2D eigenvalue weighted by atomic mass is 10.0. The van der Waals surface area contributed by atoms with Gasteiger partial charge >= 0.3 is 0 Å². The molecule has 1 aromatic heterocycles. The van der Waals surface area contributed by atoms with E-state index in [1.165, 1.54) is 12.3 Å². The number of nitrogens with one attached hydrogen (secondary N) is 1. The summed E-state index contributed by atoms with van der Waals surface area (Å²) >= 11 is 0. The fourth-order valence-electron chi connectivity index (χ4n) is 4.66. The van der Waals surface area contributed by atoms with Gasteiger partial charge in [-0.1, -0.05) is 12.1 Å². The van der Waals surface area contributed by atoms with Crippen LogP contribution in [0.1, 0.15) is 36.2 Å². The largest absolute Gasteiger partial charge is 0.496 e. The molecule has 9 heteroatoms. The fourth-order valence-corrected chi connectivity index (χ4v) is 5.79. The zero-order valence-corrected chi connectivity index (χ0v) is 21.6. The van der Waals surface area contributed by atoms with Gasteiger partial charge in [0.1, 0.15) is 17.4 Å². The summed E-state index contributed by atoms with van der Waals surface area (Å²) in [5.74, 6) is 1.13. The van der Waals surface area contributed by atoms with E-state index >= 15 is 0 Å². The van der Waals surface area contributed by atoms with Crippen LogP contribution < -0.4 is 10.1 Å². The van der Waals surface area contributed by atoms with Crippen LogP contribution in [0.5, 0.6) is 5.75 Å². The molecule has 0 amide bonds. The molecule has 0 saturated carbocycles. The molecule has 0 unspecified atom stereocenters. The Kier molecular flexibility index (Phi) is 8.66. The molecule has 0 atom stereocenters. The van der Waals surface area contributed by atoms with E-state index in [1.54, 1.807) is 29.7 Å². The zero-order valence-electron chi connectivity index (χ0n) is 20.8. The van der Waals surface area contributed by atoms with Crippen molar-refractivity contribution in [1.29, 1.82) is 0 Å². The van der Waals surface area contributed by atoms with Crippen molar-refractivity contribution in [1.82, 2.24) is 19.6 Å². The Balaban J connectivity index is 1.52. The molecule has 0 aliphatic carbocycles. The van der Waals surface area contributed by atoms with Crippen LogP contribution in [0, 0.1) is 5.82 Å². The predicted molar refractivity (Wildman–Crippen MR) is 139 cm³/mol. The third-order valence-corrected chi connectivity index (χ3v) is 7.78. The molecule has 0 radical (unpaired) electrons. The average Bonchev–Trinajstić information content (AvgIpc) is 2.87. The van der Waals surface area contributed by atoms with Gasteiger partial charge in [-0.05, 0) is 80.7 Å². The maximum Gasteiger partial charge on any atom is 0.211 e. The van der Waals surface area contributed by atoms with Crippen molar-refractivity contribution >= 4 is 10.0 Å². The monoisotopic (exact) mass is 512 g/mol. The predicted octanol–water partition coefficient (Wildman–Crippen LogP) is 3.98. The summed E-state index contributed by atoms with van der Waals surface area (Å²) in [6.45, 7) is 1.85. The van der Waals surface area contributed by atoms with Crippen molar-refractivity contribution in [3.8, 4) is 17.0 Å². The summed E-state index contributed by atoms with van der Waals surface area (Å²) in [5.41, 5.74) is 3.39. The number of benzene rings is 2. The number of ether oxygens (including phenoxy) is 1. The highest BCUT2D eigenvalue weighted by Crippen LogP contribution is 2.29. The van der Waals surface area contributed by atoms with Gasteiger partial charge in [0.05, 0.1) is 19.1 Å². The van der Waals surface area contributed by atoms with Crippen molar-refractivity contribution < 1.29 is 17.5 Å². The summed E-state index contributed by atoms with van der Waals surface area (Å²) < 4.78 is 45.9. The van der Waals surface area contributed by atoms with E-state index in [9.17, 15) is 12.8 Å². The number of piperidine rings is 1. The first-order valence-electron chi connectivity index (χ1n) is 12.2. The molecule has 0 spiro atoms. The zero-order chi connectivity index (χ0) is 25.5.